The van der Waals surface area contributed by atoms with Gasteiger partial charge in [0.1, 0.15) is 0 Å². The molecule has 1 amide bonds. The molecule has 0 fully saturated rings. The van der Waals surface area contributed by atoms with Gasteiger partial charge in [-0.25, -0.2) is 8.78 Å². The van der Waals surface area contributed by atoms with Crippen molar-refractivity contribution in [2.45, 2.75) is 13.0 Å². The fraction of sp³-hybridized carbons (Fsp3) is 0.111. The lowest BCUT2D eigenvalue weighted by molar-refractivity contribution is -0.113. The fourth-order valence-corrected chi connectivity index (χ4v) is 2.93. The van der Waals surface area contributed by atoms with Crippen molar-refractivity contribution in [1.29, 1.82) is 0 Å². The average Bonchev–Trinajstić information content (AvgIpc) is 2.58. The quantitative estimate of drug-likeness (QED) is 0.736. The minimum atomic E-state index is -1.02. The lowest BCUT2D eigenvalue weighted by Crippen LogP contribution is -2.45. The van der Waals surface area contributed by atoms with Crippen LogP contribution in [0.15, 0.2) is 59.8 Å². The van der Waals surface area contributed by atoms with Gasteiger partial charge in [0.15, 0.2) is 16.7 Å². The number of hydrogen-bond donors (Lipinski definition) is 3. The first-order valence-corrected chi connectivity index (χ1v) is 7.96. The lowest BCUT2D eigenvalue weighted by Gasteiger charge is -2.30. The van der Waals surface area contributed by atoms with Crippen LogP contribution >= 0.6 is 12.2 Å². The molecule has 1 atom stereocenters. The molecule has 3 rings (SSSR count). The summed E-state index contributed by atoms with van der Waals surface area (Å²) < 4.78 is 26.4. The third-order valence-corrected chi connectivity index (χ3v) is 4.04. The van der Waals surface area contributed by atoms with Crippen LogP contribution in [-0.4, -0.2) is 11.0 Å². The molecule has 0 bridgehead atoms. The zero-order valence-corrected chi connectivity index (χ0v) is 14.1. The number of nitrogens with one attached hydrogen (secondary N) is 3. The summed E-state index contributed by atoms with van der Waals surface area (Å²) in [6.07, 6.45) is 0. The zero-order chi connectivity index (χ0) is 18.0. The number of halogens is 2. The zero-order valence-electron chi connectivity index (χ0n) is 13.3. The fourth-order valence-electron chi connectivity index (χ4n) is 2.66. The van der Waals surface area contributed by atoms with Gasteiger partial charge in [-0.2, -0.15) is 0 Å². The molecule has 4 nitrogen and oxygen atoms in total. The highest BCUT2D eigenvalue weighted by Gasteiger charge is 2.29. The van der Waals surface area contributed by atoms with Gasteiger partial charge in [0.25, 0.3) is 5.91 Å². The number of carbonyl (C=O) groups excluding carboxylic acids is 1. The van der Waals surface area contributed by atoms with Crippen molar-refractivity contribution in [1.82, 2.24) is 10.6 Å². The summed E-state index contributed by atoms with van der Waals surface area (Å²) in [5, 5.41) is 9.00. The Morgan fingerprint density at radius 3 is 2.52 bits per heavy atom. The molecule has 1 unspecified atom stereocenters. The molecule has 2 aromatic rings. The summed E-state index contributed by atoms with van der Waals surface area (Å²) in [5.74, 6) is -2.43. The number of carbonyl (C=O) groups is 1. The third-order valence-electron chi connectivity index (χ3n) is 3.82. The maximum atomic E-state index is 13.4. The Labute approximate surface area is 148 Å². The van der Waals surface area contributed by atoms with Crippen LogP contribution in [-0.2, 0) is 4.79 Å². The van der Waals surface area contributed by atoms with Gasteiger partial charge in [0, 0.05) is 17.5 Å². The standard InChI is InChI=1S/C18H15F2N3OS/c1-10-15(17(24)22-12-7-8-13(19)14(20)9-12)16(23-18(25)21-10)11-5-3-2-4-6-11/h2-9,16H,1H3,(H,22,24)(H2,21,23,25). The van der Waals surface area contributed by atoms with E-state index in [1.807, 2.05) is 30.3 Å². The van der Waals surface area contributed by atoms with E-state index < -0.39 is 23.6 Å². The summed E-state index contributed by atoms with van der Waals surface area (Å²) in [4.78, 5) is 12.8. The monoisotopic (exact) mass is 359 g/mol. The SMILES string of the molecule is CC1=C(C(=O)Nc2ccc(F)c(F)c2)C(c2ccccc2)NC(=S)N1. The summed E-state index contributed by atoms with van der Waals surface area (Å²) >= 11 is 5.18. The van der Waals surface area contributed by atoms with Gasteiger partial charge in [0.2, 0.25) is 0 Å². The van der Waals surface area contributed by atoms with Crippen molar-refractivity contribution >= 4 is 28.9 Å². The van der Waals surface area contributed by atoms with E-state index >= 15 is 0 Å². The number of amides is 1. The van der Waals surface area contributed by atoms with Crippen molar-refractivity contribution in [2.24, 2.45) is 0 Å². The second-order valence-electron chi connectivity index (χ2n) is 5.56. The van der Waals surface area contributed by atoms with Crippen LogP contribution in [0.25, 0.3) is 0 Å². The van der Waals surface area contributed by atoms with Crippen LogP contribution in [0.2, 0.25) is 0 Å². The molecule has 7 heteroatoms. The van der Waals surface area contributed by atoms with Crippen LogP contribution in [0.5, 0.6) is 0 Å². The minimum Gasteiger partial charge on any atom is -0.351 e. The minimum absolute atomic E-state index is 0.171. The smallest absolute Gasteiger partial charge is 0.255 e. The van der Waals surface area contributed by atoms with E-state index in [1.165, 1.54) is 6.07 Å². The second kappa shape index (κ2) is 6.98. The van der Waals surface area contributed by atoms with E-state index in [0.29, 0.717) is 16.4 Å². The first-order chi connectivity index (χ1) is 12.0. The molecule has 25 heavy (non-hydrogen) atoms. The van der Waals surface area contributed by atoms with E-state index in [2.05, 4.69) is 16.0 Å². The highest BCUT2D eigenvalue weighted by atomic mass is 32.1. The van der Waals surface area contributed by atoms with Crippen LogP contribution in [0, 0.1) is 11.6 Å². The Balaban J connectivity index is 1.93. The van der Waals surface area contributed by atoms with E-state index in [-0.39, 0.29) is 5.69 Å². The Morgan fingerprint density at radius 1 is 1.12 bits per heavy atom. The van der Waals surface area contributed by atoms with Crippen molar-refractivity contribution in [2.75, 3.05) is 5.32 Å². The van der Waals surface area contributed by atoms with Gasteiger partial charge in [-0.05, 0) is 36.8 Å². The highest BCUT2D eigenvalue weighted by Crippen LogP contribution is 2.27. The molecule has 0 spiro atoms. The van der Waals surface area contributed by atoms with E-state index in [1.54, 1.807) is 6.92 Å². The first kappa shape index (κ1) is 17.0. The molecule has 0 saturated heterocycles. The predicted molar refractivity (Wildman–Crippen MR) is 95.7 cm³/mol. The molecule has 1 heterocycles. The molecule has 1 aliphatic heterocycles. The molecular formula is C18H15F2N3OS. The molecule has 0 saturated carbocycles. The number of hydrogen-bond acceptors (Lipinski definition) is 2. The second-order valence-corrected chi connectivity index (χ2v) is 5.97. The molecular weight excluding hydrogens is 344 g/mol. The van der Waals surface area contributed by atoms with Gasteiger partial charge < -0.3 is 16.0 Å². The van der Waals surface area contributed by atoms with Crippen LogP contribution < -0.4 is 16.0 Å². The Bertz CT molecular complexity index is 868. The van der Waals surface area contributed by atoms with Crippen molar-refractivity contribution in [3.05, 3.63) is 77.0 Å². The summed E-state index contributed by atoms with van der Waals surface area (Å²) in [7, 11) is 0. The van der Waals surface area contributed by atoms with Crippen molar-refractivity contribution < 1.29 is 13.6 Å². The third kappa shape index (κ3) is 3.66. The van der Waals surface area contributed by atoms with Crippen LogP contribution in [0.3, 0.4) is 0 Å². The van der Waals surface area contributed by atoms with Crippen LogP contribution in [0.1, 0.15) is 18.5 Å². The molecule has 0 aliphatic carbocycles. The van der Waals surface area contributed by atoms with E-state index in [9.17, 15) is 13.6 Å². The van der Waals surface area contributed by atoms with Crippen LogP contribution in [0.4, 0.5) is 14.5 Å². The Hall–Kier alpha value is -2.80. The average molecular weight is 359 g/mol. The molecule has 1 aliphatic rings. The Morgan fingerprint density at radius 2 is 1.84 bits per heavy atom. The van der Waals surface area contributed by atoms with Crippen molar-refractivity contribution in [3.8, 4) is 0 Å². The van der Waals surface area contributed by atoms with E-state index in [0.717, 1.165) is 17.7 Å². The number of allylic oxidation sites excluding steroid dienone is 1. The van der Waals surface area contributed by atoms with Gasteiger partial charge in [0.05, 0.1) is 11.6 Å². The maximum Gasteiger partial charge on any atom is 0.255 e. The Kier molecular flexibility index (Phi) is 4.76. The summed E-state index contributed by atoms with van der Waals surface area (Å²) in [6.45, 7) is 1.74. The topological polar surface area (TPSA) is 53.2 Å². The number of anilines is 1. The molecule has 0 aromatic heterocycles. The van der Waals surface area contributed by atoms with Crippen molar-refractivity contribution in [3.63, 3.8) is 0 Å². The van der Waals surface area contributed by atoms with Gasteiger partial charge in [-0.3, -0.25) is 4.79 Å². The number of thiocarbonyl (C=S) groups is 1. The van der Waals surface area contributed by atoms with Gasteiger partial charge >= 0.3 is 0 Å². The molecule has 0 radical (unpaired) electrons. The normalized spacial score (nSPS) is 16.9. The highest BCUT2D eigenvalue weighted by molar-refractivity contribution is 7.80. The van der Waals surface area contributed by atoms with E-state index in [4.69, 9.17) is 12.2 Å². The first-order valence-electron chi connectivity index (χ1n) is 7.55. The van der Waals surface area contributed by atoms with Gasteiger partial charge in [-0.15, -0.1) is 0 Å². The maximum absolute atomic E-state index is 13.4. The number of rotatable bonds is 3. The molecule has 3 N–H and O–H groups in total. The molecule has 128 valence electrons. The predicted octanol–water partition coefficient (Wildman–Crippen LogP) is 3.40. The summed E-state index contributed by atoms with van der Waals surface area (Å²) in [6, 6.07) is 12.1. The largest absolute Gasteiger partial charge is 0.351 e. The van der Waals surface area contributed by atoms with Gasteiger partial charge in [-0.1, -0.05) is 30.3 Å². The molecule has 2 aromatic carbocycles. The number of benzene rings is 2. The summed E-state index contributed by atoms with van der Waals surface area (Å²) in [5.41, 5.74) is 2.05. The lowest BCUT2D eigenvalue weighted by atomic mass is 9.95.